The average molecular weight is 411 g/mol. The van der Waals surface area contributed by atoms with Crippen molar-refractivity contribution in [3.63, 3.8) is 0 Å². The molecule has 0 saturated heterocycles. The highest BCUT2D eigenvalue weighted by Crippen LogP contribution is 2.36. The van der Waals surface area contributed by atoms with E-state index < -0.39 is 12.0 Å². The molecular formula is C15H26INO4. The number of halogens is 1. The zero-order valence-electron chi connectivity index (χ0n) is 12.3. The number of rotatable bonds is 5. The Morgan fingerprint density at radius 3 is 2.48 bits per heavy atom. The van der Waals surface area contributed by atoms with Crippen LogP contribution in [0, 0.1) is 5.92 Å². The minimum Gasteiger partial charge on any atom is -0.480 e. The molecule has 2 aliphatic rings. The summed E-state index contributed by atoms with van der Waals surface area (Å²) in [4.78, 5) is 10.8. The molecule has 2 rings (SSSR count). The van der Waals surface area contributed by atoms with Gasteiger partial charge in [-0.1, -0.05) is 22.6 Å². The summed E-state index contributed by atoms with van der Waals surface area (Å²) in [7, 11) is 0. The van der Waals surface area contributed by atoms with Gasteiger partial charge in [0.1, 0.15) is 6.04 Å². The van der Waals surface area contributed by atoms with Crippen molar-refractivity contribution < 1.29 is 19.7 Å². The summed E-state index contributed by atoms with van der Waals surface area (Å²) in [6.07, 6.45) is 7.55. The van der Waals surface area contributed by atoms with Crippen LogP contribution in [0.4, 0.5) is 0 Å². The predicted octanol–water partition coefficient (Wildman–Crippen LogP) is 2.08. The molecule has 4 atom stereocenters. The van der Waals surface area contributed by atoms with E-state index in [4.69, 9.17) is 15.6 Å². The lowest BCUT2D eigenvalue weighted by molar-refractivity contribution is -0.139. The highest BCUT2D eigenvalue weighted by molar-refractivity contribution is 14.1. The zero-order valence-corrected chi connectivity index (χ0v) is 14.4. The summed E-state index contributed by atoms with van der Waals surface area (Å²) in [5.74, 6) is -0.509. The maximum Gasteiger partial charge on any atom is 0.320 e. The SMILES string of the molecule is NC(CC1CCC(OC2CCC(O)CC2)C(I)C1)C(=O)O. The molecule has 0 radical (unpaired) electrons. The first-order valence-electron chi connectivity index (χ1n) is 7.91. The second kappa shape index (κ2) is 8.08. The van der Waals surface area contributed by atoms with E-state index in [1.165, 1.54) is 0 Å². The number of aliphatic hydroxyl groups excluding tert-OH is 1. The van der Waals surface area contributed by atoms with Gasteiger partial charge in [0.05, 0.1) is 18.3 Å². The maximum atomic E-state index is 10.8. The Morgan fingerprint density at radius 2 is 1.90 bits per heavy atom. The number of hydrogen-bond acceptors (Lipinski definition) is 4. The van der Waals surface area contributed by atoms with E-state index in [1.54, 1.807) is 0 Å². The molecule has 2 aliphatic carbocycles. The van der Waals surface area contributed by atoms with Crippen LogP contribution < -0.4 is 5.73 Å². The summed E-state index contributed by atoms with van der Waals surface area (Å²) >= 11 is 2.44. The van der Waals surface area contributed by atoms with Gasteiger partial charge in [0, 0.05) is 3.92 Å². The molecule has 2 fully saturated rings. The van der Waals surface area contributed by atoms with Crippen molar-refractivity contribution in [2.75, 3.05) is 0 Å². The van der Waals surface area contributed by atoms with E-state index in [0.29, 0.717) is 16.3 Å². The molecule has 21 heavy (non-hydrogen) atoms. The van der Waals surface area contributed by atoms with Crippen LogP contribution in [0.2, 0.25) is 0 Å². The van der Waals surface area contributed by atoms with Gasteiger partial charge in [-0.3, -0.25) is 4.79 Å². The summed E-state index contributed by atoms with van der Waals surface area (Å²) in [6.45, 7) is 0. The monoisotopic (exact) mass is 411 g/mol. The highest BCUT2D eigenvalue weighted by atomic mass is 127. The van der Waals surface area contributed by atoms with E-state index in [0.717, 1.165) is 44.9 Å². The number of carbonyl (C=O) groups is 1. The average Bonchev–Trinajstić information content (AvgIpc) is 2.44. The minimum atomic E-state index is -0.904. The van der Waals surface area contributed by atoms with E-state index in [-0.39, 0.29) is 18.3 Å². The molecule has 0 aromatic rings. The van der Waals surface area contributed by atoms with Crippen LogP contribution in [0.25, 0.3) is 0 Å². The number of nitrogens with two attached hydrogens (primary N) is 1. The molecule has 4 unspecified atom stereocenters. The number of ether oxygens (including phenoxy) is 1. The fourth-order valence-electron chi connectivity index (χ4n) is 3.42. The molecule has 6 heteroatoms. The molecule has 0 heterocycles. The minimum absolute atomic E-state index is 0.145. The summed E-state index contributed by atoms with van der Waals surface area (Å²) < 4.78 is 6.65. The Hall–Kier alpha value is 0.0800. The lowest BCUT2D eigenvalue weighted by Gasteiger charge is -2.37. The standard InChI is InChI=1S/C15H26INO4/c16-12-7-9(8-13(17)15(19)20)1-6-14(12)21-11-4-2-10(18)3-5-11/h9-14,18H,1-8,17H2,(H,19,20). The third-order valence-corrected chi connectivity index (χ3v) is 6.05. The van der Waals surface area contributed by atoms with Crippen LogP contribution in [0.1, 0.15) is 51.4 Å². The summed E-state index contributed by atoms with van der Waals surface area (Å²) in [5, 5.41) is 18.4. The molecule has 5 nitrogen and oxygen atoms in total. The van der Waals surface area contributed by atoms with Crippen LogP contribution >= 0.6 is 22.6 Å². The Balaban J connectivity index is 1.74. The molecule has 0 aliphatic heterocycles. The summed E-state index contributed by atoms with van der Waals surface area (Å²) in [6, 6.07) is -0.740. The molecule has 0 amide bonds. The van der Waals surface area contributed by atoms with Gasteiger partial charge in [-0.15, -0.1) is 0 Å². The number of alkyl halides is 1. The van der Waals surface area contributed by atoms with E-state index in [2.05, 4.69) is 22.6 Å². The first-order valence-corrected chi connectivity index (χ1v) is 9.16. The van der Waals surface area contributed by atoms with Crippen LogP contribution in [-0.2, 0) is 9.53 Å². The second-order valence-corrected chi connectivity index (χ2v) is 8.08. The molecule has 0 aromatic carbocycles. The fraction of sp³-hybridized carbons (Fsp3) is 0.933. The maximum absolute atomic E-state index is 10.8. The number of carboxylic acid groups (broad SMARTS) is 1. The smallest absolute Gasteiger partial charge is 0.320 e. The van der Waals surface area contributed by atoms with Crippen LogP contribution in [-0.4, -0.2) is 44.5 Å². The Kier molecular flexibility index (Phi) is 6.71. The first-order chi connectivity index (χ1) is 9.95. The van der Waals surface area contributed by atoms with Crippen molar-refractivity contribution in [1.29, 1.82) is 0 Å². The fourth-order valence-corrected chi connectivity index (χ4v) is 4.67. The third-order valence-electron chi connectivity index (χ3n) is 4.74. The van der Waals surface area contributed by atoms with Gasteiger partial charge in [0.25, 0.3) is 0 Å². The quantitative estimate of drug-likeness (QED) is 0.476. The van der Waals surface area contributed by atoms with Crippen molar-refractivity contribution >= 4 is 28.6 Å². The number of carboxylic acids is 1. The topological polar surface area (TPSA) is 92.8 Å². The highest BCUT2D eigenvalue weighted by Gasteiger charge is 2.33. The van der Waals surface area contributed by atoms with Gasteiger partial charge in [0.2, 0.25) is 0 Å². The molecule has 0 bridgehead atoms. The lowest BCUT2D eigenvalue weighted by Crippen LogP contribution is -2.39. The van der Waals surface area contributed by atoms with E-state index in [9.17, 15) is 9.90 Å². The van der Waals surface area contributed by atoms with Gasteiger partial charge in [-0.05, 0) is 57.3 Å². The van der Waals surface area contributed by atoms with Crippen molar-refractivity contribution in [2.45, 2.75) is 79.6 Å². The zero-order chi connectivity index (χ0) is 15.4. The largest absolute Gasteiger partial charge is 0.480 e. The molecule has 4 N–H and O–H groups in total. The second-order valence-electron chi connectivity index (χ2n) is 6.48. The molecule has 2 saturated carbocycles. The number of hydrogen-bond donors (Lipinski definition) is 3. The Morgan fingerprint density at radius 1 is 1.24 bits per heavy atom. The van der Waals surface area contributed by atoms with E-state index >= 15 is 0 Å². The Labute approximate surface area is 139 Å². The molecule has 0 aromatic heterocycles. The van der Waals surface area contributed by atoms with Gasteiger partial charge in [-0.25, -0.2) is 0 Å². The molecule has 122 valence electrons. The normalized spacial score (nSPS) is 38.9. The molecule has 0 spiro atoms. The number of aliphatic hydroxyl groups is 1. The van der Waals surface area contributed by atoms with Gasteiger partial charge in [-0.2, -0.15) is 0 Å². The van der Waals surface area contributed by atoms with Crippen molar-refractivity contribution in [3.8, 4) is 0 Å². The summed E-state index contributed by atoms with van der Waals surface area (Å²) in [5.41, 5.74) is 5.63. The van der Waals surface area contributed by atoms with Crippen molar-refractivity contribution in [3.05, 3.63) is 0 Å². The predicted molar refractivity (Wildman–Crippen MR) is 88.5 cm³/mol. The van der Waals surface area contributed by atoms with Gasteiger partial charge >= 0.3 is 5.97 Å². The lowest BCUT2D eigenvalue weighted by atomic mass is 9.83. The molecular weight excluding hydrogens is 385 g/mol. The van der Waals surface area contributed by atoms with Crippen LogP contribution in [0.5, 0.6) is 0 Å². The van der Waals surface area contributed by atoms with Crippen LogP contribution in [0.15, 0.2) is 0 Å². The van der Waals surface area contributed by atoms with Gasteiger partial charge in [0.15, 0.2) is 0 Å². The van der Waals surface area contributed by atoms with E-state index in [1.807, 2.05) is 0 Å². The third kappa shape index (κ3) is 5.33. The van der Waals surface area contributed by atoms with Crippen molar-refractivity contribution in [2.24, 2.45) is 11.7 Å². The van der Waals surface area contributed by atoms with Crippen LogP contribution in [0.3, 0.4) is 0 Å². The van der Waals surface area contributed by atoms with Gasteiger partial charge < -0.3 is 20.7 Å². The Bertz CT molecular complexity index is 347. The number of aliphatic carboxylic acids is 1. The first kappa shape index (κ1) is 17.4. The van der Waals surface area contributed by atoms with Crippen molar-refractivity contribution in [1.82, 2.24) is 0 Å².